The number of ether oxygens (including phenoxy) is 1. The molecule has 6 heteroatoms. The smallest absolute Gasteiger partial charge is 0.318 e. The van der Waals surface area contributed by atoms with Crippen LogP contribution in [-0.2, 0) is 17.8 Å². The summed E-state index contributed by atoms with van der Waals surface area (Å²) in [7, 11) is 0. The Morgan fingerprint density at radius 3 is 2.43 bits per heavy atom. The van der Waals surface area contributed by atoms with Crippen LogP contribution in [-0.4, -0.2) is 42.3 Å². The number of anilines is 1. The summed E-state index contributed by atoms with van der Waals surface area (Å²) in [6.45, 7) is 6.26. The summed E-state index contributed by atoms with van der Waals surface area (Å²) >= 11 is 0. The average molecular weight is 412 g/mol. The van der Waals surface area contributed by atoms with Crippen LogP contribution in [0.2, 0.25) is 0 Å². The van der Waals surface area contributed by atoms with E-state index in [-0.39, 0.29) is 24.1 Å². The summed E-state index contributed by atoms with van der Waals surface area (Å²) in [6, 6.07) is 15.4. The van der Waals surface area contributed by atoms with E-state index >= 15 is 0 Å². The molecule has 2 aliphatic rings. The van der Waals surface area contributed by atoms with Crippen molar-refractivity contribution in [2.24, 2.45) is 0 Å². The molecule has 0 radical (unpaired) electrons. The fraction of sp³-hybridized carbons (Fsp3) is 0.458. The Morgan fingerprint density at radius 1 is 1.10 bits per heavy atom. The van der Waals surface area contributed by atoms with Gasteiger partial charge in [-0.3, -0.25) is 0 Å². The molecule has 1 N–H and O–H groups in total. The normalized spacial score (nSPS) is 21.4. The molecule has 2 amide bonds. The Hall–Kier alpha value is -2.60. The van der Waals surface area contributed by atoms with Gasteiger partial charge in [0.25, 0.3) is 0 Å². The number of hydrogen-bond donors (Lipinski definition) is 1. The third-order valence-corrected chi connectivity index (χ3v) is 5.66. The molecule has 1 saturated heterocycles. The zero-order chi connectivity index (χ0) is 21.1. The van der Waals surface area contributed by atoms with Crippen molar-refractivity contribution >= 4 is 11.7 Å². The number of nitrogens with zero attached hydrogens (tertiary/aromatic N) is 2. The van der Waals surface area contributed by atoms with E-state index in [1.807, 2.05) is 66.1 Å². The number of halogens is 1. The lowest BCUT2D eigenvalue weighted by molar-refractivity contribution is -0.00539. The average Bonchev–Trinajstić information content (AvgIpc) is 3.55. The van der Waals surface area contributed by atoms with E-state index < -0.39 is 0 Å². The number of rotatable bonds is 6. The number of hydrogen-bond acceptors (Lipinski definition) is 3. The van der Waals surface area contributed by atoms with E-state index in [1.165, 1.54) is 6.07 Å². The highest BCUT2D eigenvalue weighted by Gasteiger charge is 2.32. The number of nitrogens with one attached hydrogen (secondary N) is 1. The van der Waals surface area contributed by atoms with Crippen LogP contribution in [0.25, 0.3) is 0 Å². The van der Waals surface area contributed by atoms with Gasteiger partial charge in [0.05, 0.1) is 17.9 Å². The van der Waals surface area contributed by atoms with Crippen LogP contribution in [0.3, 0.4) is 0 Å². The molecule has 1 aliphatic carbocycles. The molecular formula is C24H30FN3O2. The predicted octanol–water partition coefficient (Wildman–Crippen LogP) is 4.31. The topological polar surface area (TPSA) is 44.8 Å². The monoisotopic (exact) mass is 411 g/mol. The number of benzene rings is 2. The van der Waals surface area contributed by atoms with Crippen LogP contribution in [0, 0.1) is 5.82 Å². The molecule has 2 unspecified atom stereocenters. The lowest BCUT2D eigenvalue weighted by Crippen LogP contribution is -2.45. The summed E-state index contributed by atoms with van der Waals surface area (Å²) < 4.78 is 20.5. The Bertz CT molecular complexity index is 862. The van der Waals surface area contributed by atoms with Gasteiger partial charge in [-0.1, -0.05) is 36.4 Å². The molecule has 2 aromatic carbocycles. The first kappa shape index (κ1) is 20.7. The zero-order valence-electron chi connectivity index (χ0n) is 17.7. The number of amides is 2. The highest BCUT2D eigenvalue weighted by atomic mass is 19.1. The van der Waals surface area contributed by atoms with Crippen LogP contribution in [0.15, 0.2) is 48.5 Å². The van der Waals surface area contributed by atoms with Gasteiger partial charge in [-0.15, -0.1) is 0 Å². The maximum Gasteiger partial charge on any atom is 0.318 e. The van der Waals surface area contributed by atoms with Crippen molar-refractivity contribution in [3.63, 3.8) is 0 Å². The minimum atomic E-state index is -0.258. The Balaban J connectivity index is 1.37. The van der Waals surface area contributed by atoms with Crippen LogP contribution < -0.4 is 10.2 Å². The maximum atomic E-state index is 14.8. The third-order valence-electron chi connectivity index (χ3n) is 5.66. The van der Waals surface area contributed by atoms with E-state index in [0.717, 1.165) is 24.0 Å². The zero-order valence-corrected chi connectivity index (χ0v) is 17.7. The molecule has 160 valence electrons. The number of morpholine rings is 1. The highest BCUT2D eigenvalue weighted by Crippen LogP contribution is 2.29. The van der Waals surface area contributed by atoms with Crippen molar-refractivity contribution in [3.05, 3.63) is 65.5 Å². The van der Waals surface area contributed by atoms with Crippen molar-refractivity contribution in [1.29, 1.82) is 0 Å². The van der Waals surface area contributed by atoms with E-state index in [1.54, 1.807) is 0 Å². The first-order valence-corrected chi connectivity index (χ1v) is 10.8. The van der Waals surface area contributed by atoms with Gasteiger partial charge in [0.1, 0.15) is 5.82 Å². The standard InChI is InChI=1S/C24H30FN3O2/c1-17-14-27(15-18(2)30-17)23-11-8-20(12-22(23)25)13-26-24(29)28(21-9-10-21)16-19-6-4-3-5-7-19/h3-8,11-12,17-18,21H,9-10,13-16H2,1-2H3,(H,26,29). The number of carbonyl (C=O) groups excluding carboxylic acids is 1. The van der Waals surface area contributed by atoms with Crippen LogP contribution in [0.5, 0.6) is 0 Å². The minimum absolute atomic E-state index is 0.0742. The number of carbonyl (C=O) groups is 1. The fourth-order valence-electron chi connectivity index (χ4n) is 4.10. The number of urea groups is 1. The second-order valence-corrected chi connectivity index (χ2v) is 8.45. The summed E-state index contributed by atoms with van der Waals surface area (Å²) in [4.78, 5) is 16.7. The van der Waals surface area contributed by atoms with Crippen molar-refractivity contribution in [2.45, 2.75) is 58.0 Å². The second-order valence-electron chi connectivity index (χ2n) is 8.45. The van der Waals surface area contributed by atoms with Crippen molar-refractivity contribution in [1.82, 2.24) is 10.2 Å². The molecule has 4 rings (SSSR count). The van der Waals surface area contributed by atoms with Crippen molar-refractivity contribution < 1.29 is 13.9 Å². The van der Waals surface area contributed by atoms with Crippen molar-refractivity contribution in [2.75, 3.05) is 18.0 Å². The molecule has 0 bridgehead atoms. The molecule has 1 aliphatic heterocycles. The molecule has 2 fully saturated rings. The molecule has 2 atom stereocenters. The van der Waals surface area contributed by atoms with Gasteiger partial charge in [-0.2, -0.15) is 0 Å². The van der Waals surface area contributed by atoms with Gasteiger partial charge < -0.3 is 19.9 Å². The second kappa shape index (κ2) is 9.04. The SMILES string of the molecule is CC1CN(c2ccc(CNC(=O)N(Cc3ccccc3)C3CC3)cc2F)CC(C)O1. The summed E-state index contributed by atoms with van der Waals surface area (Å²) in [5.41, 5.74) is 2.47. The van der Waals surface area contributed by atoms with E-state index in [2.05, 4.69) is 5.32 Å². The quantitative estimate of drug-likeness (QED) is 0.770. The first-order valence-electron chi connectivity index (χ1n) is 10.8. The van der Waals surface area contributed by atoms with Gasteiger partial charge >= 0.3 is 6.03 Å². The van der Waals surface area contributed by atoms with Crippen LogP contribution in [0.4, 0.5) is 14.9 Å². The molecule has 2 aromatic rings. The minimum Gasteiger partial charge on any atom is -0.372 e. The van der Waals surface area contributed by atoms with E-state index in [9.17, 15) is 9.18 Å². The molecule has 0 aromatic heterocycles. The highest BCUT2D eigenvalue weighted by molar-refractivity contribution is 5.75. The molecule has 1 heterocycles. The summed E-state index contributed by atoms with van der Waals surface area (Å²) in [6.07, 6.45) is 2.23. The lowest BCUT2D eigenvalue weighted by atomic mass is 10.1. The Morgan fingerprint density at radius 2 is 1.80 bits per heavy atom. The summed E-state index contributed by atoms with van der Waals surface area (Å²) in [5, 5.41) is 2.97. The van der Waals surface area contributed by atoms with Crippen molar-refractivity contribution in [3.8, 4) is 0 Å². The first-order chi connectivity index (χ1) is 14.5. The third kappa shape index (κ3) is 5.11. The molecule has 30 heavy (non-hydrogen) atoms. The van der Waals surface area contributed by atoms with Crippen LogP contribution in [0.1, 0.15) is 37.8 Å². The van der Waals surface area contributed by atoms with Gasteiger partial charge in [0, 0.05) is 32.2 Å². The maximum absolute atomic E-state index is 14.8. The molecule has 0 spiro atoms. The van der Waals surface area contributed by atoms with E-state index in [0.29, 0.717) is 37.9 Å². The lowest BCUT2D eigenvalue weighted by Gasteiger charge is -2.37. The molecular weight excluding hydrogens is 381 g/mol. The Labute approximate surface area is 177 Å². The van der Waals surface area contributed by atoms with E-state index in [4.69, 9.17) is 4.74 Å². The predicted molar refractivity (Wildman–Crippen MR) is 116 cm³/mol. The summed E-state index contributed by atoms with van der Waals surface area (Å²) in [5.74, 6) is -0.258. The fourth-order valence-corrected chi connectivity index (χ4v) is 4.10. The van der Waals surface area contributed by atoms with Gasteiger partial charge in [-0.05, 0) is 49.9 Å². The molecule has 5 nitrogen and oxygen atoms in total. The van der Waals surface area contributed by atoms with Gasteiger partial charge in [0.2, 0.25) is 0 Å². The van der Waals surface area contributed by atoms with Crippen LogP contribution >= 0.6 is 0 Å². The molecule has 1 saturated carbocycles. The largest absolute Gasteiger partial charge is 0.372 e. The van der Waals surface area contributed by atoms with Gasteiger partial charge in [0.15, 0.2) is 0 Å². The Kier molecular flexibility index (Phi) is 6.23. The van der Waals surface area contributed by atoms with Gasteiger partial charge in [-0.25, -0.2) is 9.18 Å².